The smallest absolute Gasteiger partial charge is 0.153 e. The van der Waals surface area contributed by atoms with Gasteiger partial charge in [0.15, 0.2) is 5.75 Å². The molecule has 0 amide bonds. The van der Waals surface area contributed by atoms with Gasteiger partial charge in [0.25, 0.3) is 0 Å². The van der Waals surface area contributed by atoms with Gasteiger partial charge in [0.2, 0.25) is 0 Å². The highest BCUT2D eigenvalue weighted by Gasteiger charge is 2.10. The molecule has 0 atom stereocenters. The predicted octanol–water partition coefficient (Wildman–Crippen LogP) is 4.13. The summed E-state index contributed by atoms with van der Waals surface area (Å²) in [6.45, 7) is 0. The molecule has 1 heterocycles. The third kappa shape index (κ3) is 2.47. The van der Waals surface area contributed by atoms with Crippen molar-refractivity contribution in [1.82, 2.24) is 4.98 Å². The van der Waals surface area contributed by atoms with Crippen molar-refractivity contribution in [2.75, 3.05) is 5.73 Å². The number of benzene rings is 2. The normalized spacial score (nSPS) is 10.3. The van der Waals surface area contributed by atoms with Crippen molar-refractivity contribution in [2.24, 2.45) is 0 Å². The molecule has 0 bridgehead atoms. The summed E-state index contributed by atoms with van der Waals surface area (Å²) >= 11 is 5.88. The number of hydrogen-bond acceptors (Lipinski definition) is 4. The quantitative estimate of drug-likeness (QED) is 0.721. The lowest BCUT2D eigenvalue weighted by molar-refractivity contribution is 0.485. The van der Waals surface area contributed by atoms with E-state index < -0.39 is 0 Å². The van der Waals surface area contributed by atoms with Crippen LogP contribution in [0.15, 0.2) is 48.7 Å². The first-order valence-electron chi connectivity index (χ1n) is 6.20. The molecular weight excluding hydrogens is 286 g/mol. The van der Waals surface area contributed by atoms with E-state index in [1.165, 1.54) is 0 Å². The van der Waals surface area contributed by atoms with Crippen LogP contribution in [-0.4, -0.2) is 4.98 Å². The van der Waals surface area contributed by atoms with Gasteiger partial charge in [0.1, 0.15) is 17.3 Å². The average molecular weight is 296 g/mol. The molecule has 3 rings (SSSR count). The predicted molar refractivity (Wildman–Crippen MR) is 82.4 cm³/mol. The van der Waals surface area contributed by atoms with Crippen LogP contribution in [0.3, 0.4) is 0 Å². The fourth-order valence-electron chi connectivity index (χ4n) is 2.05. The molecule has 0 aliphatic heterocycles. The molecule has 0 aliphatic carbocycles. The first-order valence-corrected chi connectivity index (χ1v) is 6.57. The number of ether oxygens (including phenoxy) is 1. The highest BCUT2D eigenvalue weighted by molar-refractivity contribution is 6.30. The third-order valence-corrected chi connectivity index (χ3v) is 3.28. The summed E-state index contributed by atoms with van der Waals surface area (Å²) in [7, 11) is 0. The summed E-state index contributed by atoms with van der Waals surface area (Å²) in [6, 6.07) is 14.1. The van der Waals surface area contributed by atoms with Crippen LogP contribution in [0.5, 0.6) is 11.5 Å². The Bertz CT molecular complexity index is 871. The van der Waals surface area contributed by atoms with Crippen molar-refractivity contribution < 1.29 is 4.74 Å². The van der Waals surface area contributed by atoms with Gasteiger partial charge in [0.05, 0.1) is 5.56 Å². The number of pyridine rings is 1. The van der Waals surface area contributed by atoms with Crippen molar-refractivity contribution in [3.63, 3.8) is 0 Å². The van der Waals surface area contributed by atoms with Crippen molar-refractivity contribution in [3.8, 4) is 17.6 Å². The first-order chi connectivity index (χ1) is 10.2. The van der Waals surface area contributed by atoms with Crippen molar-refractivity contribution in [2.45, 2.75) is 0 Å². The molecule has 2 N–H and O–H groups in total. The maximum absolute atomic E-state index is 9.15. The minimum absolute atomic E-state index is 0.364. The SMILES string of the molecule is N#Cc1cc(Cl)ccc1Oc1ccc(N)c2cccnc12. The molecule has 0 fully saturated rings. The second kappa shape index (κ2) is 5.31. The van der Waals surface area contributed by atoms with Crippen LogP contribution >= 0.6 is 11.6 Å². The van der Waals surface area contributed by atoms with E-state index in [1.54, 1.807) is 36.5 Å². The molecular formula is C16H10ClN3O. The average Bonchev–Trinajstić information content (AvgIpc) is 2.52. The number of aromatic nitrogens is 1. The Morgan fingerprint density at radius 3 is 2.76 bits per heavy atom. The van der Waals surface area contributed by atoms with Crippen LogP contribution < -0.4 is 10.5 Å². The zero-order chi connectivity index (χ0) is 14.8. The Morgan fingerprint density at radius 1 is 1.14 bits per heavy atom. The van der Waals surface area contributed by atoms with E-state index in [2.05, 4.69) is 11.1 Å². The van der Waals surface area contributed by atoms with Crippen LogP contribution in [0.25, 0.3) is 10.9 Å². The molecule has 21 heavy (non-hydrogen) atoms. The Hall–Kier alpha value is -2.77. The molecule has 0 unspecified atom stereocenters. The molecule has 4 nitrogen and oxygen atoms in total. The van der Waals surface area contributed by atoms with Gasteiger partial charge in [0, 0.05) is 22.3 Å². The third-order valence-electron chi connectivity index (χ3n) is 3.05. The maximum Gasteiger partial charge on any atom is 0.153 e. The van der Waals surface area contributed by atoms with E-state index in [9.17, 15) is 0 Å². The molecule has 0 aliphatic rings. The molecule has 0 saturated heterocycles. The minimum atomic E-state index is 0.364. The molecule has 0 saturated carbocycles. The van der Waals surface area contributed by atoms with Gasteiger partial charge in [-0.25, -0.2) is 0 Å². The number of nitrogen functional groups attached to an aromatic ring is 1. The number of rotatable bonds is 2. The lowest BCUT2D eigenvalue weighted by atomic mass is 10.1. The molecule has 102 valence electrons. The minimum Gasteiger partial charge on any atom is -0.454 e. The second-order valence-electron chi connectivity index (χ2n) is 4.41. The van der Waals surface area contributed by atoms with Crippen LogP contribution in [0.1, 0.15) is 5.56 Å². The summed E-state index contributed by atoms with van der Waals surface area (Å²) in [5.41, 5.74) is 7.57. The number of fused-ring (bicyclic) bond motifs is 1. The number of nitriles is 1. The van der Waals surface area contributed by atoms with Crippen molar-refractivity contribution in [1.29, 1.82) is 5.26 Å². The van der Waals surface area contributed by atoms with E-state index in [-0.39, 0.29) is 0 Å². The number of halogens is 1. The Labute approximate surface area is 126 Å². The highest BCUT2D eigenvalue weighted by Crippen LogP contribution is 2.33. The number of hydrogen-bond donors (Lipinski definition) is 1. The van der Waals surface area contributed by atoms with Crippen molar-refractivity contribution in [3.05, 3.63) is 59.2 Å². The standard InChI is InChI=1S/C16H10ClN3O/c17-11-3-5-14(10(8-11)9-18)21-15-6-4-13(19)12-2-1-7-20-16(12)15/h1-8H,19H2. The van der Waals surface area contributed by atoms with E-state index in [0.717, 1.165) is 5.39 Å². The van der Waals surface area contributed by atoms with Gasteiger partial charge in [-0.2, -0.15) is 5.26 Å². The zero-order valence-electron chi connectivity index (χ0n) is 10.9. The lowest BCUT2D eigenvalue weighted by Crippen LogP contribution is -1.93. The Balaban J connectivity index is 2.11. The van der Waals surface area contributed by atoms with Gasteiger partial charge >= 0.3 is 0 Å². The van der Waals surface area contributed by atoms with E-state index in [1.807, 2.05) is 12.1 Å². The number of anilines is 1. The topological polar surface area (TPSA) is 71.9 Å². The van der Waals surface area contributed by atoms with E-state index in [0.29, 0.717) is 33.3 Å². The van der Waals surface area contributed by atoms with Gasteiger partial charge in [-0.3, -0.25) is 4.98 Å². The van der Waals surface area contributed by atoms with E-state index >= 15 is 0 Å². The monoisotopic (exact) mass is 295 g/mol. The lowest BCUT2D eigenvalue weighted by Gasteiger charge is -2.11. The Morgan fingerprint density at radius 2 is 1.95 bits per heavy atom. The van der Waals surface area contributed by atoms with Crippen LogP contribution in [-0.2, 0) is 0 Å². The maximum atomic E-state index is 9.15. The summed E-state index contributed by atoms with van der Waals surface area (Å²) < 4.78 is 5.82. The fourth-order valence-corrected chi connectivity index (χ4v) is 2.22. The molecule has 0 spiro atoms. The van der Waals surface area contributed by atoms with Gasteiger partial charge < -0.3 is 10.5 Å². The van der Waals surface area contributed by atoms with Crippen LogP contribution in [0, 0.1) is 11.3 Å². The first kappa shape index (κ1) is 13.2. The largest absolute Gasteiger partial charge is 0.454 e. The summed E-state index contributed by atoms with van der Waals surface area (Å²) in [4.78, 5) is 4.30. The second-order valence-corrected chi connectivity index (χ2v) is 4.84. The Kier molecular flexibility index (Phi) is 3.35. The number of nitrogens with zero attached hydrogens (tertiary/aromatic N) is 2. The fraction of sp³-hybridized carbons (Fsp3) is 0. The molecule has 0 radical (unpaired) electrons. The molecule has 2 aromatic carbocycles. The number of nitrogens with two attached hydrogens (primary N) is 1. The van der Waals surface area contributed by atoms with Crippen LogP contribution in [0.2, 0.25) is 5.02 Å². The van der Waals surface area contributed by atoms with Crippen LogP contribution in [0.4, 0.5) is 5.69 Å². The van der Waals surface area contributed by atoms with Crippen molar-refractivity contribution >= 4 is 28.2 Å². The molecule has 5 heteroatoms. The summed E-state index contributed by atoms with van der Waals surface area (Å²) in [5.74, 6) is 0.970. The molecule has 1 aromatic heterocycles. The highest BCUT2D eigenvalue weighted by atomic mass is 35.5. The van der Waals surface area contributed by atoms with Gasteiger partial charge in [-0.05, 0) is 42.5 Å². The van der Waals surface area contributed by atoms with E-state index in [4.69, 9.17) is 27.3 Å². The summed E-state index contributed by atoms with van der Waals surface area (Å²) in [6.07, 6.45) is 1.67. The van der Waals surface area contributed by atoms with Gasteiger partial charge in [-0.1, -0.05) is 11.6 Å². The molecule has 3 aromatic rings. The van der Waals surface area contributed by atoms with Gasteiger partial charge in [-0.15, -0.1) is 0 Å². The zero-order valence-corrected chi connectivity index (χ0v) is 11.6. The summed E-state index contributed by atoms with van der Waals surface area (Å²) in [5, 5.41) is 10.4.